The minimum absolute atomic E-state index is 0.266. The van der Waals surface area contributed by atoms with Crippen LogP contribution in [0.1, 0.15) is 42.5 Å². The molecule has 0 radical (unpaired) electrons. The zero-order valence-corrected chi connectivity index (χ0v) is 14.5. The van der Waals surface area contributed by atoms with Crippen molar-refractivity contribution >= 4 is 38.0 Å². The molecule has 0 bridgehead atoms. The second kappa shape index (κ2) is 6.91. The van der Waals surface area contributed by atoms with E-state index in [9.17, 15) is 0 Å². The van der Waals surface area contributed by atoms with Gasteiger partial charge in [-0.1, -0.05) is 0 Å². The van der Waals surface area contributed by atoms with Crippen LogP contribution in [0.2, 0.25) is 4.82 Å². The van der Waals surface area contributed by atoms with Gasteiger partial charge < -0.3 is 0 Å². The summed E-state index contributed by atoms with van der Waals surface area (Å²) in [4.78, 5) is 1.47. The average Bonchev–Trinajstić information content (AvgIpc) is 2.53. The molecule has 1 heterocycles. The van der Waals surface area contributed by atoms with E-state index in [4.69, 9.17) is 18.0 Å². The molecule has 2 aliphatic rings. The van der Waals surface area contributed by atoms with Gasteiger partial charge in [0.05, 0.1) is 0 Å². The third-order valence-electron chi connectivity index (χ3n) is 4.35. The summed E-state index contributed by atoms with van der Waals surface area (Å²) >= 11 is 5.56. The Morgan fingerprint density at radius 1 is 1.24 bits per heavy atom. The van der Waals surface area contributed by atoms with Crippen molar-refractivity contribution in [2.45, 2.75) is 41.7 Å². The Balaban J connectivity index is 1.83. The summed E-state index contributed by atoms with van der Waals surface area (Å²) in [5.74, 6) is 0.653. The zero-order chi connectivity index (χ0) is 14.7. The Kier molecular flexibility index (Phi) is 4.94. The summed E-state index contributed by atoms with van der Waals surface area (Å²) in [7, 11) is 0. The first-order chi connectivity index (χ1) is 10.2. The third-order valence-corrected chi connectivity index (χ3v) is 7.96. The van der Waals surface area contributed by atoms with Crippen molar-refractivity contribution in [3.05, 3.63) is 35.9 Å². The second-order valence-corrected chi connectivity index (χ2v) is 9.22. The molecule has 1 aromatic carbocycles. The zero-order valence-electron chi connectivity index (χ0n) is 12.0. The molecule has 3 atom stereocenters. The van der Waals surface area contributed by atoms with Gasteiger partial charge in [0.25, 0.3) is 0 Å². The molecular weight excluding hydrogens is 345 g/mol. The Morgan fingerprint density at radius 3 is 2.76 bits per heavy atom. The topological polar surface area (TPSA) is 50.4 Å². The monoisotopic (exact) mass is 367 g/mol. The normalized spacial score (nSPS) is 30.7. The summed E-state index contributed by atoms with van der Waals surface area (Å²) in [5, 5.41) is 4.82. The van der Waals surface area contributed by atoms with Gasteiger partial charge in [0.2, 0.25) is 0 Å². The molecule has 3 rings (SSSR count). The number of rotatable bonds is 2. The van der Waals surface area contributed by atoms with Crippen molar-refractivity contribution < 1.29 is 0 Å². The van der Waals surface area contributed by atoms with Crippen molar-refractivity contribution in [1.29, 1.82) is 0 Å². The number of hydrogen-bond acceptors (Lipinski definition) is 2. The van der Waals surface area contributed by atoms with Gasteiger partial charge in [0, 0.05) is 0 Å². The van der Waals surface area contributed by atoms with Crippen LogP contribution in [0.15, 0.2) is 35.4 Å². The van der Waals surface area contributed by atoms with Crippen molar-refractivity contribution in [3.63, 3.8) is 0 Å². The quantitative estimate of drug-likeness (QED) is 0.481. The molecule has 0 unspecified atom stereocenters. The van der Waals surface area contributed by atoms with Crippen LogP contribution >= 0.6 is 12.2 Å². The van der Waals surface area contributed by atoms with E-state index in [1.165, 1.54) is 37.0 Å². The van der Waals surface area contributed by atoms with Crippen LogP contribution in [0, 0.1) is 5.92 Å². The number of hydrazone groups is 1. The van der Waals surface area contributed by atoms with E-state index in [0.717, 1.165) is 11.2 Å². The number of benzene rings is 1. The van der Waals surface area contributed by atoms with E-state index in [1.54, 1.807) is 0 Å². The molecule has 3 nitrogen and oxygen atoms in total. The SMILES string of the molecule is NC(=S)N/N=C1/C[C@H](c2ccccc2)[Se][C@H]2CCCC[C@@H]12. The molecule has 5 heteroatoms. The number of nitrogens with zero attached hydrogens (tertiary/aromatic N) is 1. The molecule has 1 saturated carbocycles. The Labute approximate surface area is 137 Å². The molecule has 1 aliphatic heterocycles. The number of hydrogen-bond donors (Lipinski definition) is 2. The van der Waals surface area contributed by atoms with Crippen LogP contribution < -0.4 is 11.2 Å². The van der Waals surface area contributed by atoms with Crippen LogP contribution in [0.5, 0.6) is 0 Å². The maximum absolute atomic E-state index is 5.54. The molecule has 21 heavy (non-hydrogen) atoms. The van der Waals surface area contributed by atoms with Crippen molar-refractivity contribution in [3.8, 4) is 0 Å². The number of fused-ring (bicyclic) bond motifs is 1. The van der Waals surface area contributed by atoms with Gasteiger partial charge in [-0.25, -0.2) is 0 Å². The fourth-order valence-electron chi connectivity index (χ4n) is 3.36. The molecule has 2 fully saturated rings. The number of thiocarbonyl (C=S) groups is 1. The van der Waals surface area contributed by atoms with Gasteiger partial charge >= 0.3 is 138 Å². The Hall–Kier alpha value is -0.901. The van der Waals surface area contributed by atoms with Crippen molar-refractivity contribution in [1.82, 2.24) is 5.43 Å². The molecule has 0 spiro atoms. The standard InChI is InChI=1S/C16H21N3SSe/c17-16(20)19-18-13-10-15(11-6-2-1-3-7-11)21-14-9-5-4-8-12(13)14/h1-3,6-7,12,14-15H,4-5,8-10H2,(H3,17,19,20)/b18-13-/t12-,14-,15+/m0/s1. The van der Waals surface area contributed by atoms with E-state index in [0.29, 0.717) is 25.7 Å². The van der Waals surface area contributed by atoms with Gasteiger partial charge in [0.1, 0.15) is 0 Å². The summed E-state index contributed by atoms with van der Waals surface area (Å²) < 4.78 is 0. The second-order valence-electron chi connectivity index (χ2n) is 5.75. The van der Waals surface area contributed by atoms with Crippen LogP contribution in [-0.4, -0.2) is 25.8 Å². The molecule has 3 N–H and O–H groups in total. The van der Waals surface area contributed by atoms with Crippen LogP contribution in [0.4, 0.5) is 0 Å². The summed E-state index contributed by atoms with van der Waals surface area (Å²) in [6, 6.07) is 10.9. The molecule has 0 aromatic heterocycles. The Bertz CT molecular complexity index is 532. The summed E-state index contributed by atoms with van der Waals surface area (Å²) in [6.07, 6.45) is 6.41. The fourth-order valence-corrected chi connectivity index (χ4v) is 7.16. The minimum atomic E-state index is 0.266. The van der Waals surface area contributed by atoms with Crippen LogP contribution in [0.25, 0.3) is 0 Å². The van der Waals surface area contributed by atoms with Crippen LogP contribution in [0.3, 0.4) is 0 Å². The Morgan fingerprint density at radius 2 is 2.00 bits per heavy atom. The van der Waals surface area contributed by atoms with Crippen molar-refractivity contribution in [2.24, 2.45) is 16.8 Å². The van der Waals surface area contributed by atoms with Gasteiger partial charge in [-0.2, -0.15) is 0 Å². The van der Waals surface area contributed by atoms with Gasteiger partial charge in [0.15, 0.2) is 0 Å². The predicted octanol–water partition coefficient (Wildman–Crippen LogP) is 3.00. The average molecular weight is 366 g/mol. The summed E-state index contributed by atoms with van der Waals surface area (Å²) in [5.41, 5.74) is 11.1. The maximum atomic E-state index is 5.54. The van der Waals surface area contributed by atoms with E-state index < -0.39 is 0 Å². The van der Waals surface area contributed by atoms with E-state index in [2.05, 4.69) is 40.9 Å². The molecular formula is C16H21N3SSe. The third kappa shape index (κ3) is 3.65. The van der Waals surface area contributed by atoms with Gasteiger partial charge in [-0.3, -0.25) is 0 Å². The number of nitrogens with one attached hydrogen (secondary N) is 1. The van der Waals surface area contributed by atoms with E-state index >= 15 is 0 Å². The fraction of sp³-hybridized carbons (Fsp3) is 0.500. The van der Waals surface area contributed by atoms with Gasteiger partial charge in [-0.05, 0) is 0 Å². The first kappa shape index (κ1) is 15.0. The molecule has 112 valence electrons. The molecule has 1 aliphatic carbocycles. The predicted molar refractivity (Wildman–Crippen MR) is 92.6 cm³/mol. The van der Waals surface area contributed by atoms with E-state index in [1.807, 2.05) is 0 Å². The van der Waals surface area contributed by atoms with Crippen LogP contribution in [-0.2, 0) is 0 Å². The molecule has 0 amide bonds. The van der Waals surface area contributed by atoms with E-state index in [-0.39, 0.29) is 5.11 Å². The molecule has 1 saturated heterocycles. The van der Waals surface area contributed by atoms with Crippen molar-refractivity contribution in [2.75, 3.05) is 0 Å². The first-order valence-corrected chi connectivity index (χ1v) is 9.95. The number of nitrogens with two attached hydrogens (primary N) is 1. The summed E-state index contributed by atoms with van der Waals surface area (Å²) in [6.45, 7) is 0. The molecule has 1 aromatic rings. The van der Waals surface area contributed by atoms with Gasteiger partial charge in [-0.15, -0.1) is 0 Å². The first-order valence-electron chi connectivity index (χ1n) is 7.56.